The van der Waals surface area contributed by atoms with Gasteiger partial charge in [-0.25, -0.2) is 0 Å². The SMILES string of the molecule is CCCOC(CC(C)C)(CC(C)C)C(=O)Nc1ccc(OCCN(CC)CC)cc1. The first-order valence-electron chi connectivity index (χ1n) is 11.7. The summed E-state index contributed by atoms with van der Waals surface area (Å²) in [4.78, 5) is 15.7. The Morgan fingerprint density at radius 2 is 1.53 bits per heavy atom. The molecular weight excluding hydrogens is 376 g/mol. The summed E-state index contributed by atoms with van der Waals surface area (Å²) in [6, 6.07) is 7.63. The number of ether oxygens (including phenoxy) is 2. The third kappa shape index (κ3) is 9.05. The lowest BCUT2D eigenvalue weighted by molar-refractivity contribution is -0.147. The topological polar surface area (TPSA) is 50.8 Å². The van der Waals surface area contributed by atoms with E-state index in [0.717, 1.165) is 37.5 Å². The molecular formula is C25H44N2O3. The summed E-state index contributed by atoms with van der Waals surface area (Å²) in [5, 5.41) is 3.09. The average molecular weight is 421 g/mol. The first kappa shape index (κ1) is 26.4. The summed E-state index contributed by atoms with van der Waals surface area (Å²) < 4.78 is 12.1. The van der Waals surface area contributed by atoms with Gasteiger partial charge in [0.1, 0.15) is 18.0 Å². The Balaban J connectivity index is 2.82. The quantitative estimate of drug-likeness (QED) is 0.401. The molecule has 0 atom stereocenters. The van der Waals surface area contributed by atoms with Gasteiger partial charge in [0.05, 0.1) is 0 Å². The largest absolute Gasteiger partial charge is 0.492 e. The van der Waals surface area contributed by atoms with Crippen LogP contribution in [0.1, 0.15) is 67.7 Å². The number of hydrogen-bond acceptors (Lipinski definition) is 4. The van der Waals surface area contributed by atoms with Crippen molar-refractivity contribution in [3.8, 4) is 5.75 Å². The van der Waals surface area contributed by atoms with Gasteiger partial charge < -0.3 is 19.7 Å². The highest BCUT2D eigenvalue weighted by Crippen LogP contribution is 2.31. The molecule has 0 aliphatic carbocycles. The van der Waals surface area contributed by atoms with Crippen molar-refractivity contribution < 1.29 is 14.3 Å². The van der Waals surface area contributed by atoms with Crippen molar-refractivity contribution in [2.45, 2.75) is 73.3 Å². The van der Waals surface area contributed by atoms with E-state index in [4.69, 9.17) is 9.47 Å². The number of carbonyl (C=O) groups is 1. The van der Waals surface area contributed by atoms with Crippen LogP contribution >= 0.6 is 0 Å². The average Bonchev–Trinajstić information content (AvgIpc) is 2.69. The number of likely N-dealkylation sites (N-methyl/N-ethyl adjacent to an activating group) is 1. The van der Waals surface area contributed by atoms with Crippen LogP contribution in [0, 0.1) is 11.8 Å². The highest BCUT2D eigenvalue weighted by molar-refractivity contribution is 5.97. The van der Waals surface area contributed by atoms with Crippen molar-refractivity contribution in [2.24, 2.45) is 11.8 Å². The molecule has 5 nitrogen and oxygen atoms in total. The Hall–Kier alpha value is -1.59. The molecule has 5 heteroatoms. The molecule has 0 aliphatic rings. The van der Waals surface area contributed by atoms with Gasteiger partial charge in [-0.1, -0.05) is 48.5 Å². The summed E-state index contributed by atoms with van der Waals surface area (Å²) in [5.41, 5.74) is -0.0230. The van der Waals surface area contributed by atoms with Crippen LogP contribution in [0.2, 0.25) is 0 Å². The zero-order valence-electron chi connectivity index (χ0n) is 20.3. The first-order valence-corrected chi connectivity index (χ1v) is 11.7. The van der Waals surface area contributed by atoms with Gasteiger partial charge in [0.15, 0.2) is 0 Å². The van der Waals surface area contributed by atoms with E-state index in [1.54, 1.807) is 0 Å². The molecule has 1 amide bonds. The van der Waals surface area contributed by atoms with Gasteiger partial charge >= 0.3 is 0 Å². The third-order valence-corrected chi connectivity index (χ3v) is 5.16. The molecule has 0 aromatic heterocycles. The van der Waals surface area contributed by atoms with Crippen molar-refractivity contribution in [3.05, 3.63) is 24.3 Å². The number of nitrogens with zero attached hydrogens (tertiary/aromatic N) is 1. The van der Waals surface area contributed by atoms with Crippen LogP contribution in [-0.2, 0) is 9.53 Å². The van der Waals surface area contributed by atoms with E-state index < -0.39 is 5.60 Å². The lowest BCUT2D eigenvalue weighted by Crippen LogP contribution is -2.47. The molecule has 0 fully saturated rings. The van der Waals surface area contributed by atoms with Crippen molar-refractivity contribution in [1.82, 2.24) is 4.90 Å². The predicted octanol–water partition coefficient (Wildman–Crippen LogP) is 5.60. The lowest BCUT2D eigenvalue weighted by Gasteiger charge is -2.35. The summed E-state index contributed by atoms with van der Waals surface area (Å²) in [6.07, 6.45) is 2.32. The van der Waals surface area contributed by atoms with Crippen molar-refractivity contribution in [3.63, 3.8) is 0 Å². The minimum atomic E-state index is -0.794. The fourth-order valence-corrected chi connectivity index (χ4v) is 3.78. The minimum Gasteiger partial charge on any atom is -0.492 e. The number of carbonyl (C=O) groups excluding carboxylic acids is 1. The van der Waals surface area contributed by atoms with Crippen LogP contribution in [-0.4, -0.2) is 49.3 Å². The van der Waals surface area contributed by atoms with Gasteiger partial charge in [0, 0.05) is 18.8 Å². The lowest BCUT2D eigenvalue weighted by atomic mass is 9.83. The molecule has 0 heterocycles. The number of hydrogen-bond donors (Lipinski definition) is 1. The van der Waals surface area contributed by atoms with Crippen LogP contribution in [0.5, 0.6) is 5.75 Å². The van der Waals surface area contributed by atoms with Gasteiger partial charge in [-0.05, 0) is 68.5 Å². The third-order valence-electron chi connectivity index (χ3n) is 5.16. The second-order valence-electron chi connectivity index (χ2n) is 8.89. The molecule has 0 saturated heterocycles. The van der Waals surface area contributed by atoms with Crippen LogP contribution in [0.15, 0.2) is 24.3 Å². The molecule has 1 aromatic rings. The van der Waals surface area contributed by atoms with E-state index in [1.165, 1.54) is 0 Å². The van der Waals surface area contributed by atoms with E-state index in [9.17, 15) is 4.79 Å². The molecule has 0 unspecified atom stereocenters. The smallest absolute Gasteiger partial charge is 0.256 e. The summed E-state index contributed by atoms with van der Waals surface area (Å²) in [7, 11) is 0. The van der Waals surface area contributed by atoms with Crippen LogP contribution in [0.4, 0.5) is 5.69 Å². The molecule has 0 bridgehead atoms. The predicted molar refractivity (Wildman–Crippen MR) is 126 cm³/mol. The van der Waals surface area contributed by atoms with Crippen molar-refractivity contribution in [1.29, 1.82) is 0 Å². The second-order valence-corrected chi connectivity index (χ2v) is 8.89. The molecule has 30 heavy (non-hydrogen) atoms. The fraction of sp³-hybridized carbons (Fsp3) is 0.720. The van der Waals surface area contributed by atoms with Gasteiger partial charge in [-0.15, -0.1) is 0 Å². The Morgan fingerprint density at radius 3 is 2.00 bits per heavy atom. The number of amides is 1. The maximum Gasteiger partial charge on any atom is 0.256 e. The van der Waals surface area contributed by atoms with Crippen LogP contribution in [0.25, 0.3) is 0 Å². The summed E-state index contributed by atoms with van der Waals surface area (Å²) in [6.45, 7) is 19.2. The molecule has 1 N–H and O–H groups in total. The first-order chi connectivity index (χ1) is 14.3. The Bertz CT molecular complexity index is 585. The van der Waals surface area contributed by atoms with Gasteiger partial charge in [0.25, 0.3) is 5.91 Å². The number of rotatable bonds is 15. The standard InChI is InChI=1S/C25H44N2O3/c1-8-16-30-25(18-20(4)5,19-21(6)7)24(28)26-22-11-13-23(14-12-22)29-17-15-27(9-2)10-3/h11-14,20-21H,8-10,15-19H2,1-7H3,(H,26,28). The van der Waals surface area contributed by atoms with Crippen molar-refractivity contribution >= 4 is 11.6 Å². The molecule has 0 radical (unpaired) electrons. The molecule has 0 saturated carbocycles. The van der Waals surface area contributed by atoms with Gasteiger partial charge in [-0.3, -0.25) is 4.79 Å². The zero-order valence-corrected chi connectivity index (χ0v) is 20.3. The Labute approximate surface area is 184 Å². The maximum atomic E-state index is 13.3. The minimum absolute atomic E-state index is 0.0476. The van der Waals surface area contributed by atoms with E-state index in [2.05, 4.69) is 58.7 Å². The van der Waals surface area contributed by atoms with E-state index >= 15 is 0 Å². The van der Waals surface area contributed by atoms with E-state index in [1.807, 2.05) is 24.3 Å². The highest BCUT2D eigenvalue weighted by Gasteiger charge is 2.40. The molecule has 172 valence electrons. The fourth-order valence-electron chi connectivity index (χ4n) is 3.78. The number of benzene rings is 1. The van der Waals surface area contributed by atoms with Crippen molar-refractivity contribution in [2.75, 3.05) is 38.2 Å². The van der Waals surface area contributed by atoms with Gasteiger partial charge in [-0.2, -0.15) is 0 Å². The van der Waals surface area contributed by atoms with Gasteiger partial charge in [0.2, 0.25) is 0 Å². The molecule has 1 aromatic carbocycles. The molecule has 0 spiro atoms. The highest BCUT2D eigenvalue weighted by atomic mass is 16.5. The number of nitrogens with one attached hydrogen (secondary N) is 1. The van der Waals surface area contributed by atoms with Crippen LogP contribution in [0.3, 0.4) is 0 Å². The number of anilines is 1. The molecule has 1 rings (SSSR count). The summed E-state index contributed by atoms with van der Waals surface area (Å²) >= 11 is 0. The Kier molecular flexibility index (Phi) is 12.0. The summed E-state index contributed by atoms with van der Waals surface area (Å²) in [5.74, 6) is 1.51. The Morgan fingerprint density at radius 1 is 0.967 bits per heavy atom. The second kappa shape index (κ2) is 13.7. The van der Waals surface area contributed by atoms with E-state index in [0.29, 0.717) is 37.9 Å². The zero-order chi connectivity index (χ0) is 22.6. The monoisotopic (exact) mass is 420 g/mol. The maximum absolute atomic E-state index is 13.3. The van der Waals surface area contributed by atoms with E-state index in [-0.39, 0.29) is 5.91 Å². The molecule has 0 aliphatic heterocycles. The van der Waals surface area contributed by atoms with Crippen LogP contribution < -0.4 is 10.1 Å². The normalized spacial score (nSPS) is 12.1.